The molecule has 0 aromatic heterocycles. The predicted molar refractivity (Wildman–Crippen MR) is 79.9 cm³/mol. The fourth-order valence-electron chi connectivity index (χ4n) is 1.98. The number of amides is 1. The third-order valence-corrected chi connectivity index (χ3v) is 4.81. The van der Waals surface area contributed by atoms with Crippen molar-refractivity contribution in [1.29, 1.82) is 0 Å². The Bertz CT molecular complexity index is 464. The van der Waals surface area contributed by atoms with Crippen LogP contribution < -0.4 is 5.32 Å². The van der Waals surface area contributed by atoms with E-state index in [4.69, 9.17) is 0 Å². The van der Waals surface area contributed by atoms with Crippen molar-refractivity contribution in [1.82, 2.24) is 5.32 Å². The summed E-state index contributed by atoms with van der Waals surface area (Å²) in [5.74, 6) is 1.01. The van der Waals surface area contributed by atoms with Crippen molar-refractivity contribution in [3.63, 3.8) is 0 Å². The monoisotopic (exact) mass is 261 g/mol. The predicted octanol–water partition coefficient (Wildman–Crippen LogP) is 3.21. The van der Waals surface area contributed by atoms with Gasteiger partial charge in [0.15, 0.2) is 0 Å². The van der Waals surface area contributed by atoms with Crippen molar-refractivity contribution in [2.75, 3.05) is 5.75 Å². The highest BCUT2D eigenvalue weighted by Gasteiger charge is 2.15. The quantitative estimate of drug-likeness (QED) is 0.801. The van der Waals surface area contributed by atoms with E-state index in [-0.39, 0.29) is 22.8 Å². The minimum absolute atomic E-state index is 0.0303. The van der Waals surface area contributed by atoms with Gasteiger partial charge in [-0.3, -0.25) is 4.79 Å². The van der Waals surface area contributed by atoms with Crippen molar-refractivity contribution >= 4 is 16.8 Å². The summed E-state index contributed by atoms with van der Waals surface area (Å²) in [5.41, 5.74) is 2.43. The van der Waals surface area contributed by atoms with Crippen LogP contribution in [0, 0.1) is 6.92 Å². The van der Waals surface area contributed by atoms with Crippen LogP contribution in [-0.2, 0) is 4.79 Å². The van der Waals surface area contributed by atoms with Crippen LogP contribution in [0.4, 0.5) is 0 Å². The molecule has 1 aromatic carbocycles. The number of rotatable bonds is 4. The Morgan fingerprint density at radius 2 is 1.83 bits per heavy atom. The van der Waals surface area contributed by atoms with Crippen LogP contribution in [0.3, 0.4) is 0 Å². The number of thiol groups is 1. The summed E-state index contributed by atoms with van der Waals surface area (Å²) >= 11 is 0. The van der Waals surface area contributed by atoms with E-state index in [2.05, 4.69) is 59.5 Å². The van der Waals surface area contributed by atoms with Gasteiger partial charge in [-0.1, -0.05) is 42.0 Å². The summed E-state index contributed by atoms with van der Waals surface area (Å²) in [7, 11) is -0.222. The third kappa shape index (κ3) is 3.50. The fourth-order valence-corrected chi connectivity index (χ4v) is 3.69. The van der Waals surface area contributed by atoms with Gasteiger partial charge in [-0.05, 0) is 23.3 Å². The molecule has 1 heterocycles. The van der Waals surface area contributed by atoms with E-state index in [1.807, 2.05) is 0 Å². The van der Waals surface area contributed by atoms with E-state index in [1.165, 1.54) is 11.1 Å². The highest BCUT2D eigenvalue weighted by Crippen LogP contribution is 2.36. The molecule has 0 spiro atoms. The molecule has 0 radical (unpaired) electrons. The fraction of sp³-hybridized carbons (Fsp3) is 0.267. The number of benzene rings is 1. The zero-order chi connectivity index (χ0) is 13.0. The first-order valence-corrected chi connectivity index (χ1v) is 7.76. The molecule has 0 saturated heterocycles. The van der Waals surface area contributed by atoms with Gasteiger partial charge < -0.3 is 5.32 Å². The molecule has 1 atom stereocenters. The SMILES string of the molecule is CC(=O)NC(C[SH]1C=CC=C1)c1ccc(C)cc1. The van der Waals surface area contributed by atoms with Gasteiger partial charge in [-0.15, -0.1) is 0 Å². The summed E-state index contributed by atoms with van der Waals surface area (Å²) in [5, 5.41) is 7.52. The first kappa shape index (κ1) is 13.0. The standard InChI is InChI=1S/C15H19NOS/c1-12-5-7-14(8-6-12)15(16-13(2)17)11-18-9-3-4-10-18/h3-10,15,18H,11H2,1-2H3,(H,16,17). The number of aryl methyl sites for hydroxylation is 1. The van der Waals surface area contributed by atoms with Crippen LogP contribution in [0.25, 0.3) is 0 Å². The molecule has 1 aliphatic rings. The summed E-state index contributed by atoms with van der Waals surface area (Å²) in [6, 6.07) is 8.51. The Labute approximate surface area is 111 Å². The minimum atomic E-state index is -0.222. The van der Waals surface area contributed by atoms with Gasteiger partial charge in [-0.2, -0.15) is 0 Å². The molecule has 0 aliphatic carbocycles. The van der Waals surface area contributed by atoms with E-state index >= 15 is 0 Å². The molecular weight excluding hydrogens is 242 g/mol. The molecule has 2 nitrogen and oxygen atoms in total. The Hall–Kier alpha value is -1.48. The molecule has 2 rings (SSSR count). The van der Waals surface area contributed by atoms with Gasteiger partial charge in [0.25, 0.3) is 0 Å². The largest absolute Gasteiger partial charge is 0.349 e. The van der Waals surface area contributed by atoms with Crippen LogP contribution in [0.5, 0.6) is 0 Å². The van der Waals surface area contributed by atoms with Crippen LogP contribution in [0.1, 0.15) is 24.1 Å². The average Bonchev–Trinajstić information content (AvgIpc) is 2.81. The number of allylic oxidation sites excluding steroid dienone is 2. The summed E-state index contributed by atoms with van der Waals surface area (Å²) < 4.78 is 0. The molecule has 96 valence electrons. The van der Waals surface area contributed by atoms with E-state index in [0.29, 0.717) is 0 Å². The Balaban J connectivity index is 2.13. The topological polar surface area (TPSA) is 29.1 Å². The van der Waals surface area contributed by atoms with Crippen LogP contribution >= 0.6 is 10.9 Å². The van der Waals surface area contributed by atoms with E-state index < -0.39 is 0 Å². The number of hydrogen-bond donors (Lipinski definition) is 2. The molecule has 1 amide bonds. The minimum Gasteiger partial charge on any atom is -0.349 e. The van der Waals surface area contributed by atoms with Gasteiger partial charge in [0.2, 0.25) is 5.91 Å². The van der Waals surface area contributed by atoms with Gasteiger partial charge in [0, 0.05) is 12.7 Å². The molecule has 1 aliphatic heterocycles. The first-order valence-electron chi connectivity index (χ1n) is 6.09. The van der Waals surface area contributed by atoms with Crippen LogP contribution in [0.15, 0.2) is 47.2 Å². The normalized spacial score (nSPS) is 16.9. The second kappa shape index (κ2) is 5.91. The van der Waals surface area contributed by atoms with Crippen LogP contribution in [0.2, 0.25) is 0 Å². The maximum atomic E-state index is 11.3. The number of carbonyl (C=O) groups is 1. The molecule has 1 aromatic rings. The summed E-state index contributed by atoms with van der Waals surface area (Å²) in [6.45, 7) is 3.65. The van der Waals surface area contributed by atoms with Crippen molar-refractivity contribution in [2.45, 2.75) is 19.9 Å². The molecule has 3 heteroatoms. The highest BCUT2D eigenvalue weighted by molar-refractivity contribution is 8.22. The molecule has 1 unspecified atom stereocenters. The maximum Gasteiger partial charge on any atom is 0.217 e. The molecular formula is C15H19NOS. The van der Waals surface area contributed by atoms with Crippen molar-refractivity contribution in [3.8, 4) is 0 Å². The zero-order valence-corrected chi connectivity index (χ0v) is 11.7. The smallest absolute Gasteiger partial charge is 0.217 e. The van der Waals surface area contributed by atoms with E-state index in [1.54, 1.807) is 6.92 Å². The van der Waals surface area contributed by atoms with Crippen LogP contribution in [-0.4, -0.2) is 11.7 Å². The third-order valence-electron chi connectivity index (χ3n) is 2.92. The Kier molecular flexibility index (Phi) is 4.26. The Morgan fingerprint density at radius 3 is 2.39 bits per heavy atom. The lowest BCUT2D eigenvalue weighted by Crippen LogP contribution is -2.28. The summed E-state index contributed by atoms with van der Waals surface area (Å²) in [4.78, 5) is 11.3. The number of carbonyl (C=O) groups excluding carboxylic acids is 1. The molecule has 1 N–H and O–H groups in total. The lowest BCUT2D eigenvalue weighted by molar-refractivity contribution is -0.119. The highest BCUT2D eigenvalue weighted by atomic mass is 32.2. The van der Waals surface area contributed by atoms with Crippen molar-refractivity contribution in [3.05, 3.63) is 58.4 Å². The molecule has 18 heavy (non-hydrogen) atoms. The first-order chi connectivity index (χ1) is 8.65. The maximum absolute atomic E-state index is 11.3. The van der Waals surface area contributed by atoms with E-state index in [0.717, 1.165) is 5.75 Å². The van der Waals surface area contributed by atoms with Crippen molar-refractivity contribution < 1.29 is 4.79 Å². The zero-order valence-electron chi connectivity index (χ0n) is 10.8. The second-order valence-electron chi connectivity index (χ2n) is 4.54. The lowest BCUT2D eigenvalue weighted by Gasteiger charge is -2.22. The molecule has 0 saturated carbocycles. The second-order valence-corrected chi connectivity index (χ2v) is 6.53. The van der Waals surface area contributed by atoms with Crippen molar-refractivity contribution in [2.24, 2.45) is 0 Å². The number of hydrogen-bond acceptors (Lipinski definition) is 1. The average molecular weight is 261 g/mol. The van der Waals surface area contributed by atoms with Gasteiger partial charge >= 0.3 is 0 Å². The van der Waals surface area contributed by atoms with Gasteiger partial charge in [-0.25, -0.2) is 10.9 Å². The molecule has 0 fully saturated rings. The van der Waals surface area contributed by atoms with Gasteiger partial charge in [0.05, 0.1) is 6.04 Å². The number of nitrogens with one attached hydrogen (secondary N) is 1. The van der Waals surface area contributed by atoms with Gasteiger partial charge in [0.1, 0.15) is 0 Å². The molecule has 0 bridgehead atoms. The Morgan fingerprint density at radius 1 is 1.22 bits per heavy atom. The summed E-state index contributed by atoms with van der Waals surface area (Å²) in [6.07, 6.45) is 4.18. The van der Waals surface area contributed by atoms with E-state index in [9.17, 15) is 4.79 Å². The lowest BCUT2D eigenvalue weighted by atomic mass is 10.1.